The largest absolute Gasteiger partial charge is 0.495 e. The van der Waals surface area contributed by atoms with Crippen LogP contribution in [-0.2, 0) is 0 Å². The molecule has 0 amide bonds. The molecule has 0 saturated carbocycles. The van der Waals surface area contributed by atoms with Crippen LogP contribution in [0.3, 0.4) is 0 Å². The third kappa shape index (κ3) is 2.76. The van der Waals surface area contributed by atoms with Crippen LogP contribution in [0.4, 0.5) is 0 Å². The lowest BCUT2D eigenvalue weighted by atomic mass is 9.98. The molecule has 1 aliphatic rings. The van der Waals surface area contributed by atoms with Gasteiger partial charge in [-0.2, -0.15) is 0 Å². The highest BCUT2D eigenvalue weighted by Gasteiger charge is 2.29. The molecule has 1 aromatic heterocycles. The maximum Gasteiger partial charge on any atom is 0.194 e. The molecule has 0 bridgehead atoms. The van der Waals surface area contributed by atoms with Gasteiger partial charge in [0.05, 0.1) is 24.8 Å². The molecular weight excluding hydrogens is 360 g/mol. The van der Waals surface area contributed by atoms with E-state index in [0.717, 1.165) is 39.2 Å². The SMILES string of the molecule is COc1cc2c(cc1-n1cnc(C)c1)-c1ccc(-c3ccc(C)cc3)cc1C2=O. The van der Waals surface area contributed by atoms with Crippen molar-refractivity contribution in [3.05, 3.63) is 89.5 Å². The number of ketones is 1. The number of nitrogens with zero attached hydrogens (tertiary/aromatic N) is 2. The Morgan fingerprint density at radius 2 is 1.55 bits per heavy atom. The molecule has 0 spiro atoms. The van der Waals surface area contributed by atoms with Gasteiger partial charge in [0, 0.05) is 17.3 Å². The average Bonchev–Trinajstić information content (AvgIpc) is 3.29. The number of fused-ring (bicyclic) bond motifs is 3. The summed E-state index contributed by atoms with van der Waals surface area (Å²) in [6.07, 6.45) is 3.71. The Hall–Kier alpha value is -3.66. The summed E-state index contributed by atoms with van der Waals surface area (Å²) >= 11 is 0. The number of hydrogen-bond acceptors (Lipinski definition) is 3. The first-order valence-corrected chi connectivity index (χ1v) is 9.54. The van der Waals surface area contributed by atoms with Crippen LogP contribution in [-0.4, -0.2) is 22.4 Å². The van der Waals surface area contributed by atoms with Crippen molar-refractivity contribution in [2.75, 3.05) is 7.11 Å². The quantitative estimate of drug-likeness (QED) is 0.422. The van der Waals surface area contributed by atoms with Crippen LogP contribution in [0.1, 0.15) is 27.2 Å². The zero-order chi connectivity index (χ0) is 20.1. The van der Waals surface area contributed by atoms with Gasteiger partial charge < -0.3 is 9.30 Å². The van der Waals surface area contributed by atoms with Gasteiger partial charge in [0.1, 0.15) is 5.75 Å². The number of benzene rings is 3. The number of methoxy groups -OCH3 is 1. The lowest BCUT2D eigenvalue weighted by molar-refractivity contribution is 0.104. The Morgan fingerprint density at radius 1 is 0.828 bits per heavy atom. The van der Waals surface area contributed by atoms with Crippen LogP contribution in [0, 0.1) is 13.8 Å². The third-order valence-electron chi connectivity index (χ3n) is 5.49. The zero-order valence-electron chi connectivity index (χ0n) is 16.6. The summed E-state index contributed by atoms with van der Waals surface area (Å²) in [5.41, 5.74) is 8.47. The topological polar surface area (TPSA) is 44.1 Å². The Labute approximate surface area is 169 Å². The van der Waals surface area contributed by atoms with E-state index in [9.17, 15) is 4.79 Å². The second kappa shape index (κ2) is 6.45. The first-order chi connectivity index (χ1) is 14.0. The molecule has 4 heteroatoms. The number of aryl methyl sites for hydroxylation is 2. The van der Waals surface area contributed by atoms with Gasteiger partial charge in [-0.15, -0.1) is 0 Å². The molecule has 142 valence electrons. The molecule has 4 aromatic rings. The number of ether oxygens (including phenoxy) is 1. The number of imidazole rings is 1. The van der Waals surface area contributed by atoms with Gasteiger partial charge in [0.25, 0.3) is 0 Å². The number of hydrogen-bond donors (Lipinski definition) is 0. The second-order valence-electron chi connectivity index (χ2n) is 7.45. The average molecular weight is 380 g/mol. The number of carbonyl (C=O) groups is 1. The van der Waals surface area contributed by atoms with E-state index < -0.39 is 0 Å². The van der Waals surface area contributed by atoms with Crippen molar-refractivity contribution in [3.8, 4) is 33.7 Å². The predicted octanol–water partition coefficient (Wildman–Crippen LogP) is 5.38. The van der Waals surface area contributed by atoms with Crippen molar-refractivity contribution in [2.24, 2.45) is 0 Å². The third-order valence-corrected chi connectivity index (χ3v) is 5.49. The number of carbonyl (C=O) groups excluding carboxylic acids is 1. The first-order valence-electron chi connectivity index (χ1n) is 9.54. The molecule has 1 aliphatic carbocycles. The standard InChI is InChI=1S/C25H20N2O2/c1-15-4-6-17(7-5-15)18-8-9-19-20-11-23(27-13-16(2)26-14-27)24(29-3)12-22(20)25(28)21(19)10-18/h4-14H,1-3H3. The van der Waals surface area contributed by atoms with Crippen molar-refractivity contribution < 1.29 is 9.53 Å². The fraction of sp³-hybridized carbons (Fsp3) is 0.120. The van der Waals surface area contributed by atoms with Gasteiger partial charge in [-0.1, -0.05) is 42.0 Å². The maximum absolute atomic E-state index is 13.2. The van der Waals surface area contributed by atoms with Crippen LogP contribution >= 0.6 is 0 Å². The minimum absolute atomic E-state index is 0.0376. The van der Waals surface area contributed by atoms with Crippen molar-refractivity contribution in [1.82, 2.24) is 9.55 Å². The van der Waals surface area contributed by atoms with E-state index >= 15 is 0 Å². The number of rotatable bonds is 3. The fourth-order valence-electron chi connectivity index (χ4n) is 3.93. The van der Waals surface area contributed by atoms with E-state index in [0.29, 0.717) is 11.3 Å². The van der Waals surface area contributed by atoms with Gasteiger partial charge in [-0.3, -0.25) is 4.79 Å². The summed E-state index contributed by atoms with van der Waals surface area (Å²) in [5, 5.41) is 0. The zero-order valence-corrected chi connectivity index (χ0v) is 16.6. The Balaban J connectivity index is 1.65. The van der Waals surface area contributed by atoms with Crippen molar-refractivity contribution >= 4 is 5.78 Å². The first kappa shape index (κ1) is 17.4. The summed E-state index contributed by atoms with van der Waals surface area (Å²) in [4.78, 5) is 17.5. The molecule has 5 rings (SSSR count). The molecule has 29 heavy (non-hydrogen) atoms. The molecule has 0 atom stereocenters. The fourth-order valence-corrected chi connectivity index (χ4v) is 3.93. The molecule has 0 aliphatic heterocycles. The Morgan fingerprint density at radius 3 is 2.24 bits per heavy atom. The van der Waals surface area contributed by atoms with Crippen molar-refractivity contribution in [1.29, 1.82) is 0 Å². The summed E-state index contributed by atoms with van der Waals surface area (Å²) in [6.45, 7) is 4.02. The van der Waals surface area contributed by atoms with E-state index in [1.54, 1.807) is 13.4 Å². The van der Waals surface area contributed by atoms with Crippen molar-refractivity contribution in [3.63, 3.8) is 0 Å². The monoisotopic (exact) mass is 380 g/mol. The van der Waals surface area contributed by atoms with Gasteiger partial charge in [-0.05, 0) is 54.3 Å². The highest BCUT2D eigenvalue weighted by atomic mass is 16.5. The molecule has 0 fully saturated rings. The van der Waals surface area contributed by atoms with Crippen LogP contribution in [0.2, 0.25) is 0 Å². The normalized spacial score (nSPS) is 12.0. The van der Waals surface area contributed by atoms with E-state index in [1.807, 2.05) is 42.0 Å². The number of aromatic nitrogens is 2. The van der Waals surface area contributed by atoms with Gasteiger partial charge >= 0.3 is 0 Å². The van der Waals surface area contributed by atoms with Gasteiger partial charge in [0.2, 0.25) is 0 Å². The summed E-state index contributed by atoms with van der Waals surface area (Å²) in [6, 6.07) is 18.3. The minimum atomic E-state index is 0.0376. The summed E-state index contributed by atoms with van der Waals surface area (Å²) < 4.78 is 7.51. The highest BCUT2D eigenvalue weighted by Crippen LogP contribution is 2.42. The molecule has 3 aromatic carbocycles. The van der Waals surface area contributed by atoms with E-state index in [1.165, 1.54) is 5.56 Å². The van der Waals surface area contributed by atoms with E-state index in [2.05, 4.69) is 42.2 Å². The van der Waals surface area contributed by atoms with Crippen molar-refractivity contribution in [2.45, 2.75) is 13.8 Å². The van der Waals surface area contributed by atoms with Crippen LogP contribution < -0.4 is 4.74 Å². The summed E-state index contributed by atoms with van der Waals surface area (Å²) in [5.74, 6) is 0.691. The molecule has 0 radical (unpaired) electrons. The Bertz CT molecular complexity index is 1270. The molecule has 0 unspecified atom stereocenters. The molecule has 0 saturated heterocycles. The van der Waals surface area contributed by atoms with E-state index in [-0.39, 0.29) is 5.78 Å². The van der Waals surface area contributed by atoms with Gasteiger partial charge in [-0.25, -0.2) is 4.98 Å². The van der Waals surface area contributed by atoms with Crippen LogP contribution in [0.5, 0.6) is 5.75 Å². The molecule has 0 N–H and O–H groups in total. The van der Waals surface area contributed by atoms with Crippen LogP contribution in [0.25, 0.3) is 27.9 Å². The summed E-state index contributed by atoms with van der Waals surface area (Å²) in [7, 11) is 1.62. The molecule has 1 heterocycles. The molecular formula is C25H20N2O2. The second-order valence-corrected chi connectivity index (χ2v) is 7.45. The lowest BCUT2D eigenvalue weighted by Crippen LogP contribution is -2.00. The smallest absolute Gasteiger partial charge is 0.194 e. The predicted molar refractivity (Wildman–Crippen MR) is 114 cm³/mol. The van der Waals surface area contributed by atoms with Crippen LogP contribution in [0.15, 0.2) is 67.1 Å². The molecule has 4 nitrogen and oxygen atoms in total. The van der Waals surface area contributed by atoms with E-state index in [4.69, 9.17) is 4.74 Å². The lowest BCUT2D eigenvalue weighted by Gasteiger charge is -2.12. The Kier molecular flexibility index (Phi) is 3.88. The van der Waals surface area contributed by atoms with Gasteiger partial charge in [0.15, 0.2) is 5.78 Å². The maximum atomic E-state index is 13.2. The highest BCUT2D eigenvalue weighted by molar-refractivity contribution is 6.22. The minimum Gasteiger partial charge on any atom is -0.495 e.